The van der Waals surface area contributed by atoms with Gasteiger partial charge < -0.3 is 20.3 Å². The third-order valence-corrected chi connectivity index (χ3v) is 18.7. The first-order valence-corrected chi connectivity index (χ1v) is 39.6. The highest BCUT2D eigenvalue weighted by Gasteiger charge is 2.18. The molecule has 0 saturated heterocycles. The van der Waals surface area contributed by atoms with Crippen LogP contribution in [0.1, 0.15) is 450 Å². The van der Waals surface area contributed by atoms with Crippen molar-refractivity contribution in [3.63, 3.8) is 0 Å². The number of aliphatic hydroxyl groups excluding tert-OH is 2. The van der Waals surface area contributed by atoms with Crippen molar-refractivity contribution in [2.24, 2.45) is 0 Å². The minimum absolute atomic E-state index is 0.0200. The number of hydrogen-bond acceptors (Lipinski definition) is 5. The molecule has 0 aliphatic carbocycles. The molecular formula is C80H155NO5. The van der Waals surface area contributed by atoms with E-state index in [1.807, 2.05) is 6.08 Å². The molecule has 0 heterocycles. The Morgan fingerprint density at radius 1 is 0.314 bits per heavy atom. The largest absolute Gasteiger partial charge is 0.466 e. The SMILES string of the molecule is CCCCCCCC/C=C\CCCCCCCCCC(=O)OCCCCCCCCCCCCCCCCCCCCCCCCCCCCCCCCCCCCCC(=O)NC(CO)C(O)/C=C/CCCCCCCCCCCCCCCCC. The number of carbonyl (C=O) groups excluding carboxylic acids is 2. The summed E-state index contributed by atoms with van der Waals surface area (Å²) in [5.41, 5.74) is 0. The van der Waals surface area contributed by atoms with E-state index < -0.39 is 12.1 Å². The van der Waals surface area contributed by atoms with Crippen molar-refractivity contribution in [2.45, 2.75) is 463 Å². The summed E-state index contributed by atoms with van der Waals surface area (Å²) in [5.74, 6) is -0.0389. The second-order valence-electron chi connectivity index (χ2n) is 27.4. The first-order chi connectivity index (χ1) is 42.5. The number of aliphatic hydroxyl groups is 2. The molecule has 2 unspecified atom stereocenters. The summed E-state index contributed by atoms with van der Waals surface area (Å²) in [6, 6.07) is -0.624. The van der Waals surface area contributed by atoms with Crippen LogP contribution in [0.5, 0.6) is 0 Å². The fourth-order valence-electron chi connectivity index (χ4n) is 12.7. The number of hydrogen-bond donors (Lipinski definition) is 3. The van der Waals surface area contributed by atoms with E-state index >= 15 is 0 Å². The number of esters is 1. The zero-order chi connectivity index (χ0) is 62.0. The fourth-order valence-corrected chi connectivity index (χ4v) is 12.7. The van der Waals surface area contributed by atoms with E-state index in [2.05, 4.69) is 31.3 Å². The maximum Gasteiger partial charge on any atom is 0.305 e. The summed E-state index contributed by atoms with van der Waals surface area (Å²) in [7, 11) is 0. The van der Waals surface area contributed by atoms with E-state index in [1.54, 1.807) is 6.08 Å². The van der Waals surface area contributed by atoms with Crippen molar-refractivity contribution >= 4 is 11.9 Å². The average Bonchev–Trinajstić information content (AvgIpc) is 3.59. The number of ether oxygens (including phenoxy) is 1. The normalized spacial score (nSPS) is 12.6. The van der Waals surface area contributed by atoms with Crippen molar-refractivity contribution in [2.75, 3.05) is 13.2 Å². The zero-order valence-corrected chi connectivity index (χ0v) is 58.6. The van der Waals surface area contributed by atoms with Crippen LogP contribution in [0.2, 0.25) is 0 Å². The van der Waals surface area contributed by atoms with Gasteiger partial charge in [0.25, 0.3) is 0 Å². The van der Waals surface area contributed by atoms with Gasteiger partial charge in [0, 0.05) is 12.8 Å². The molecule has 0 fully saturated rings. The van der Waals surface area contributed by atoms with Crippen LogP contribution in [0, 0.1) is 0 Å². The van der Waals surface area contributed by atoms with Gasteiger partial charge >= 0.3 is 5.97 Å². The number of carbonyl (C=O) groups is 2. The first kappa shape index (κ1) is 84.3. The third-order valence-electron chi connectivity index (χ3n) is 18.7. The Balaban J connectivity index is 3.31. The van der Waals surface area contributed by atoms with Gasteiger partial charge in [-0.05, 0) is 57.8 Å². The Morgan fingerprint density at radius 2 is 0.547 bits per heavy atom. The molecule has 0 aliphatic heterocycles. The second kappa shape index (κ2) is 75.8. The molecule has 86 heavy (non-hydrogen) atoms. The van der Waals surface area contributed by atoms with Crippen molar-refractivity contribution in [3.05, 3.63) is 24.3 Å². The predicted molar refractivity (Wildman–Crippen MR) is 380 cm³/mol. The lowest BCUT2D eigenvalue weighted by Gasteiger charge is -2.20. The molecule has 0 radical (unpaired) electrons. The lowest BCUT2D eigenvalue weighted by Crippen LogP contribution is -2.45. The average molecular weight is 1210 g/mol. The lowest BCUT2D eigenvalue weighted by atomic mass is 10.0. The first-order valence-electron chi connectivity index (χ1n) is 39.6. The molecule has 0 aromatic heterocycles. The van der Waals surface area contributed by atoms with Crippen LogP contribution in [0.4, 0.5) is 0 Å². The number of rotatable bonds is 75. The molecule has 0 spiro atoms. The quantitative estimate of drug-likeness (QED) is 0.0320. The van der Waals surface area contributed by atoms with Gasteiger partial charge in [0.15, 0.2) is 0 Å². The summed E-state index contributed by atoms with van der Waals surface area (Å²) in [4.78, 5) is 24.6. The van der Waals surface area contributed by atoms with Crippen LogP contribution in [0.25, 0.3) is 0 Å². The summed E-state index contributed by atoms with van der Waals surface area (Å²) in [6.45, 7) is 4.95. The topological polar surface area (TPSA) is 95.9 Å². The minimum atomic E-state index is -0.841. The van der Waals surface area contributed by atoms with E-state index in [-0.39, 0.29) is 18.5 Å². The smallest absolute Gasteiger partial charge is 0.305 e. The number of nitrogens with one attached hydrogen (secondary N) is 1. The Kier molecular flexibility index (Phi) is 74.3. The van der Waals surface area contributed by atoms with Gasteiger partial charge in [0.2, 0.25) is 5.91 Å². The standard InChI is InChI=1S/C80H155NO5/c1-3-5-7-9-11-13-15-17-19-40-44-48-52-56-60-64-68-72-78(83)77(76-82)81-79(84)73-69-65-61-57-53-49-45-42-38-36-34-32-30-28-26-24-22-21-23-25-27-29-31-33-35-37-39-43-47-51-55-59-63-67-71-75-86-80(85)74-70-66-62-58-54-50-46-41-20-18-16-14-12-10-8-6-4-2/h18,20,68,72,77-78,82-83H,3-17,19,21-67,69-71,73-76H2,1-2H3,(H,81,84)/b20-18-,72-68+. The molecule has 0 aromatic carbocycles. The number of allylic oxidation sites excluding steroid dienone is 3. The van der Waals surface area contributed by atoms with E-state index in [0.29, 0.717) is 19.4 Å². The van der Waals surface area contributed by atoms with E-state index in [9.17, 15) is 19.8 Å². The number of amides is 1. The van der Waals surface area contributed by atoms with Gasteiger partial charge in [-0.15, -0.1) is 0 Å². The molecule has 0 rings (SSSR count). The second-order valence-corrected chi connectivity index (χ2v) is 27.4. The van der Waals surface area contributed by atoms with Crippen LogP contribution in [0.3, 0.4) is 0 Å². The van der Waals surface area contributed by atoms with Crippen molar-refractivity contribution < 1.29 is 24.5 Å². The van der Waals surface area contributed by atoms with E-state index in [0.717, 1.165) is 38.5 Å². The van der Waals surface area contributed by atoms with Gasteiger partial charge in [-0.2, -0.15) is 0 Å². The van der Waals surface area contributed by atoms with Gasteiger partial charge in [-0.25, -0.2) is 0 Å². The Bertz CT molecular complexity index is 1350. The molecule has 0 bridgehead atoms. The molecule has 510 valence electrons. The van der Waals surface area contributed by atoms with Gasteiger partial charge in [-0.1, -0.05) is 404 Å². The molecule has 2 atom stereocenters. The Hall–Kier alpha value is -1.66. The summed E-state index contributed by atoms with van der Waals surface area (Å²) in [6.07, 6.45) is 97.3. The summed E-state index contributed by atoms with van der Waals surface area (Å²) >= 11 is 0. The molecular weight excluding hydrogens is 1050 g/mol. The molecule has 3 N–H and O–H groups in total. The van der Waals surface area contributed by atoms with Crippen LogP contribution in [-0.4, -0.2) is 47.4 Å². The lowest BCUT2D eigenvalue weighted by molar-refractivity contribution is -0.143. The van der Waals surface area contributed by atoms with Crippen molar-refractivity contribution in [1.29, 1.82) is 0 Å². The summed E-state index contributed by atoms with van der Waals surface area (Å²) < 4.78 is 5.51. The van der Waals surface area contributed by atoms with Gasteiger partial charge in [0.1, 0.15) is 0 Å². The zero-order valence-electron chi connectivity index (χ0n) is 58.6. The van der Waals surface area contributed by atoms with E-state index in [1.165, 1.54) is 385 Å². The maximum absolute atomic E-state index is 12.5. The van der Waals surface area contributed by atoms with E-state index in [4.69, 9.17) is 4.74 Å². The van der Waals surface area contributed by atoms with Crippen LogP contribution < -0.4 is 5.32 Å². The molecule has 0 aromatic rings. The minimum Gasteiger partial charge on any atom is -0.466 e. The van der Waals surface area contributed by atoms with Gasteiger partial charge in [-0.3, -0.25) is 9.59 Å². The highest BCUT2D eigenvalue weighted by molar-refractivity contribution is 5.76. The molecule has 6 nitrogen and oxygen atoms in total. The van der Waals surface area contributed by atoms with Crippen molar-refractivity contribution in [3.8, 4) is 0 Å². The van der Waals surface area contributed by atoms with Crippen LogP contribution in [-0.2, 0) is 14.3 Å². The van der Waals surface area contributed by atoms with Crippen molar-refractivity contribution in [1.82, 2.24) is 5.32 Å². The molecule has 6 heteroatoms. The van der Waals surface area contributed by atoms with Gasteiger partial charge in [0.05, 0.1) is 25.4 Å². The predicted octanol–water partition coefficient (Wildman–Crippen LogP) is 26.0. The maximum atomic E-state index is 12.5. The van der Waals surface area contributed by atoms with Crippen LogP contribution in [0.15, 0.2) is 24.3 Å². The summed E-state index contributed by atoms with van der Waals surface area (Å²) in [5, 5.41) is 23.2. The third kappa shape index (κ3) is 71.4. The highest BCUT2D eigenvalue weighted by atomic mass is 16.5. The highest BCUT2D eigenvalue weighted by Crippen LogP contribution is 2.20. The van der Waals surface area contributed by atoms with Crippen LogP contribution >= 0.6 is 0 Å². The number of unbranched alkanes of at least 4 members (excludes halogenated alkanes) is 62. The molecule has 0 aliphatic rings. The molecule has 0 saturated carbocycles. The Morgan fingerprint density at radius 3 is 0.826 bits per heavy atom. The fraction of sp³-hybridized carbons (Fsp3) is 0.925. The molecule has 1 amide bonds. The monoisotopic (exact) mass is 1210 g/mol. The Labute approximate surface area is 539 Å².